The van der Waals surface area contributed by atoms with Crippen LogP contribution in [0.25, 0.3) is 6.08 Å². The van der Waals surface area contributed by atoms with E-state index in [9.17, 15) is 13.2 Å². The molecule has 0 aliphatic rings. The summed E-state index contributed by atoms with van der Waals surface area (Å²) in [6, 6.07) is 22.9. The molecule has 1 amide bonds. The standard InChI is InChI=1S/C26H30N2O3S2/c1-26(2,3)28(33(30,31)18-16-22-11-6-4-7-12-22)21-25(29)27(20-24-15-10-17-32-24)19-23-13-8-5-9-14-23/h4-18H,19-21H2,1-3H3/b18-16+. The van der Waals surface area contributed by atoms with Crippen molar-refractivity contribution < 1.29 is 13.2 Å². The van der Waals surface area contributed by atoms with Gasteiger partial charge in [0.15, 0.2) is 0 Å². The van der Waals surface area contributed by atoms with E-state index < -0.39 is 15.6 Å². The fourth-order valence-corrected chi connectivity index (χ4v) is 5.61. The lowest BCUT2D eigenvalue weighted by Crippen LogP contribution is -2.50. The van der Waals surface area contributed by atoms with Gasteiger partial charge >= 0.3 is 0 Å². The van der Waals surface area contributed by atoms with Crippen molar-refractivity contribution in [2.45, 2.75) is 39.4 Å². The van der Waals surface area contributed by atoms with Crippen molar-refractivity contribution in [2.75, 3.05) is 6.54 Å². The van der Waals surface area contributed by atoms with Gasteiger partial charge in [-0.15, -0.1) is 11.3 Å². The number of carbonyl (C=O) groups is 1. The van der Waals surface area contributed by atoms with Crippen molar-refractivity contribution in [1.29, 1.82) is 0 Å². The second kappa shape index (κ2) is 10.9. The number of thiophene rings is 1. The minimum atomic E-state index is -3.83. The van der Waals surface area contributed by atoms with E-state index in [2.05, 4.69) is 0 Å². The third kappa shape index (κ3) is 7.39. The van der Waals surface area contributed by atoms with Crippen molar-refractivity contribution in [2.24, 2.45) is 0 Å². The lowest BCUT2D eigenvalue weighted by molar-refractivity contribution is -0.133. The van der Waals surface area contributed by atoms with Crippen LogP contribution in [0.5, 0.6) is 0 Å². The first-order chi connectivity index (χ1) is 15.6. The predicted octanol–water partition coefficient (Wildman–Crippen LogP) is 5.38. The van der Waals surface area contributed by atoms with E-state index in [-0.39, 0.29) is 12.5 Å². The topological polar surface area (TPSA) is 57.7 Å². The van der Waals surface area contributed by atoms with E-state index >= 15 is 0 Å². The summed E-state index contributed by atoms with van der Waals surface area (Å²) in [6.45, 7) is 6.01. The van der Waals surface area contributed by atoms with Crippen molar-refractivity contribution in [1.82, 2.24) is 9.21 Å². The van der Waals surface area contributed by atoms with Crippen LogP contribution in [0.4, 0.5) is 0 Å². The fraction of sp³-hybridized carbons (Fsp3) is 0.269. The number of rotatable bonds is 9. The molecule has 3 rings (SSSR count). The van der Waals surface area contributed by atoms with Crippen molar-refractivity contribution in [3.05, 3.63) is 99.6 Å². The summed E-state index contributed by atoms with van der Waals surface area (Å²) >= 11 is 1.58. The summed E-state index contributed by atoms with van der Waals surface area (Å²) in [6.07, 6.45) is 1.56. The van der Waals surface area contributed by atoms with E-state index in [0.29, 0.717) is 13.1 Å². The molecule has 174 valence electrons. The molecule has 0 aliphatic heterocycles. The SMILES string of the molecule is CC(C)(C)N(CC(=O)N(Cc1ccccc1)Cc1cccs1)S(=O)(=O)/C=C/c1ccccc1. The molecule has 1 heterocycles. The molecule has 0 bridgehead atoms. The number of carbonyl (C=O) groups excluding carboxylic acids is 1. The third-order valence-electron chi connectivity index (χ3n) is 5.06. The molecule has 0 fully saturated rings. The second-order valence-corrected chi connectivity index (χ2v) is 11.5. The highest BCUT2D eigenvalue weighted by Crippen LogP contribution is 2.22. The average molecular weight is 483 g/mol. The fourth-order valence-electron chi connectivity index (χ4n) is 3.36. The summed E-state index contributed by atoms with van der Waals surface area (Å²) < 4.78 is 27.8. The zero-order valence-corrected chi connectivity index (χ0v) is 20.9. The molecule has 2 aromatic carbocycles. The molecule has 1 aromatic heterocycles. The smallest absolute Gasteiger partial charge is 0.238 e. The highest BCUT2D eigenvalue weighted by molar-refractivity contribution is 7.92. The minimum absolute atomic E-state index is 0.233. The first kappa shape index (κ1) is 24.9. The Balaban J connectivity index is 1.84. The Labute approximate surface area is 201 Å². The van der Waals surface area contributed by atoms with E-state index in [1.807, 2.05) is 78.2 Å². The largest absolute Gasteiger partial charge is 0.332 e. The number of benzene rings is 2. The first-order valence-electron chi connectivity index (χ1n) is 10.8. The molecular formula is C26H30N2O3S2. The molecule has 3 aromatic rings. The Morgan fingerprint density at radius 1 is 0.909 bits per heavy atom. The van der Waals surface area contributed by atoms with Gasteiger partial charge in [0.05, 0.1) is 13.1 Å². The van der Waals surface area contributed by atoms with Gasteiger partial charge in [-0.2, -0.15) is 4.31 Å². The van der Waals surface area contributed by atoms with Crippen LogP contribution in [-0.2, 0) is 27.9 Å². The zero-order valence-electron chi connectivity index (χ0n) is 19.2. The Morgan fingerprint density at radius 3 is 2.12 bits per heavy atom. The highest BCUT2D eigenvalue weighted by atomic mass is 32.2. The molecular weight excluding hydrogens is 452 g/mol. The van der Waals surface area contributed by atoms with Crippen LogP contribution >= 0.6 is 11.3 Å². The zero-order chi connectivity index (χ0) is 23.9. The van der Waals surface area contributed by atoms with Crippen LogP contribution in [0.3, 0.4) is 0 Å². The summed E-state index contributed by atoms with van der Waals surface area (Å²) in [5.41, 5.74) is 1.01. The minimum Gasteiger partial charge on any atom is -0.332 e. The van der Waals surface area contributed by atoms with Crippen LogP contribution < -0.4 is 0 Å². The first-order valence-corrected chi connectivity index (χ1v) is 13.1. The van der Waals surface area contributed by atoms with E-state index in [1.165, 1.54) is 9.71 Å². The van der Waals surface area contributed by atoms with Crippen LogP contribution in [0, 0.1) is 0 Å². The van der Waals surface area contributed by atoms with E-state index in [1.54, 1.807) is 43.1 Å². The maximum Gasteiger partial charge on any atom is 0.238 e. The van der Waals surface area contributed by atoms with Crippen molar-refractivity contribution in [3.63, 3.8) is 0 Å². The second-order valence-electron chi connectivity index (χ2n) is 8.75. The predicted molar refractivity (Wildman–Crippen MR) is 136 cm³/mol. The van der Waals surface area contributed by atoms with Crippen LogP contribution in [-0.4, -0.2) is 35.6 Å². The number of sulfonamides is 1. The van der Waals surface area contributed by atoms with Crippen LogP contribution in [0.15, 0.2) is 83.6 Å². The molecule has 5 nitrogen and oxygen atoms in total. The normalized spacial score (nSPS) is 12.4. The van der Waals surface area contributed by atoms with Gasteiger partial charge in [-0.25, -0.2) is 8.42 Å². The maximum atomic E-state index is 13.5. The maximum absolute atomic E-state index is 13.5. The summed E-state index contributed by atoms with van der Waals surface area (Å²) in [7, 11) is -3.83. The molecule has 0 N–H and O–H groups in total. The van der Waals surface area contributed by atoms with Gasteiger partial charge in [-0.3, -0.25) is 4.79 Å². The Bertz CT molecular complexity index is 1150. The molecule has 7 heteroatoms. The average Bonchev–Trinajstić information content (AvgIpc) is 3.29. The molecule has 0 saturated carbocycles. The third-order valence-corrected chi connectivity index (χ3v) is 7.69. The number of amides is 1. The van der Waals surface area contributed by atoms with Gasteiger partial charge in [-0.1, -0.05) is 66.7 Å². The molecule has 0 radical (unpaired) electrons. The summed E-state index contributed by atoms with van der Waals surface area (Å²) in [4.78, 5) is 16.2. The van der Waals surface area contributed by atoms with E-state index in [0.717, 1.165) is 16.0 Å². The van der Waals surface area contributed by atoms with Crippen LogP contribution in [0.1, 0.15) is 36.8 Å². The summed E-state index contributed by atoms with van der Waals surface area (Å²) in [5.74, 6) is -0.237. The molecule has 0 atom stereocenters. The van der Waals surface area contributed by atoms with Crippen molar-refractivity contribution in [3.8, 4) is 0 Å². The molecule has 0 spiro atoms. The van der Waals surface area contributed by atoms with Gasteiger partial charge in [0.25, 0.3) is 0 Å². The number of hydrogen-bond acceptors (Lipinski definition) is 4. The lowest BCUT2D eigenvalue weighted by Gasteiger charge is -2.34. The van der Waals surface area contributed by atoms with Gasteiger partial charge in [0.1, 0.15) is 0 Å². The Hall–Kier alpha value is -2.74. The number of nitrogens with zero attached hydrogens (tertiary/aromatic N) is 2. The van der Waals surface area contributed by atoms with Crippen LogP contribution in [0.2, 0.25) is 0 Å². The van der Waals surface area contributed by atoms with Gasteiger partial charge in [-0.05, 0) is 49.4 Å². The quantitative estimate of drug-likeness (QED) is 0.412. The highest BCUT2D eigenvalue weighted by Gasteiger charge is 2.34. The van der Waals surface area contributed by atoms with Gasteiger partial charge < -0.3 is 4.90 Å². The number of hydrogen-bond donors (Lipinski definition) is 0. The lowest BCUT2D eigenvalue weighted by atomic mass is 10.1. The molecule has 0 unspecified atom stereocenters. The van der Waals surface area contributed by atoms with Gasteiger partial charge in [0.2, 0.25) is 15.9 Å². The Kier molecular flexibility index (Phi) is 8.24. The Morgan fingerprint density at radius 2 is 1.55 bits per heavy atom. The molecule has 0 aliphatic carbocycles. The molecule has 33 heavy (non-hydrogen) atoms. The molecule has 0 saturated heterocycles. The monoisotopic (exact) mass is 482 g/mol. The van der Waals surface area contributed by atoms with Crippen molar-refractivity contribution >= 4 is 33.3 Å². The summed E-state index contributed by atoms with van der Waals surface area (Å²) in [5, 5.41) is 3.16. The van der Waals surface area contributed by atoms with E-state index in [4.69, 9.17) is 0 Å². The van der Waals surface area contributed by atoms with Gasteiger partial charge in [0, 0.05) is 22.4 Å².